The fourth-order valence-corrected chi connectivity index (χ4v) is 1.96. The Morgan fingerprint density at radius 3 is 2.76 bits per heavy atom. The van der Waals surface area contributed by atoms with Crippen LogP contribution in [0.2, 0.25) is 0 Å². The van der Waals surface area contributed by atoms with Crippen LogP contribution >= 0.6 is 0 Å². The van der Waals surface area contributed by atoms with Crippen LogP contribution in [-0.4, -0.2) is 51.9 Å². The summed E-state index contributed by atoms with van der Waals surface area (Å²) >= 11 is 0. The zero-order valence-electron chi connectivity index (χ0n) is 10.6. The Labute approximate surface area is 101 Å². The lowest BCUT2D eigenvalue weighted by atomic mass is 10.2. The van der Waals surface area contributed by atoms with Crippen molar-refractivity contribution in [3.8, 4) is 0 Å². The standard InChI is InChI=1S/C12H18N4O/c1-9-4-14-11(5-13-9)7-16-6-10(2)15(3)12(17)8-16/h4-5,10H,6-8H2,1-3H3/t10-/m0/s1. The van der Waals surface area contributed by atoms with Crippen LogP contribution in [0, 0.1) is 6.92 Å². The third-order valence-electron chi connectivity index (χ3n) is 3.16. The largest absolute Gasteiger partial charge is 0.341 e. The second-order valence-corrected chi connectivity index (χ2v) is 4.67. The van der Waals surface area contributed by atoms with Gasteiger partial charge in [-0.15, -0.1) is 0 Å². The number of nitrogens with zero attached hydrogens (tertiary/aromatic N) is 4. The molecule has 1 aromatic rings. The van der Waals surface area contributed by atoms with E-state index < -0.39 is 0 Å². The second-order valence-electron chi connectivity index (χ2n) is 4.67. The highest BCUT2D eigenvalue weighted by Gasteiger charge is 2.26. The van der Waals surface area contributed by atoms with Crippen molar-refractivity contribution in [3.63, 3.8) is 0 Å². The molecule has 1 fully saturated rings. The first kappa shape index (κ1) is 12.0. The molecule has 1 aromatic heterocycles. The van der Waals surface area contributed by atoms with Gasteiger partial charge in [-0.1, -0.05) is 0 Å². The normalized spacial score (nSPS) is 21.9. The lowest BCUT2D eigenvalue weighted by Gasteiger charge is -2.37. The van der Waals surface area contributed by atoms with Gasteiger partial charge in [0.2, 0.25) is 5.91 Å². The molecule has 0 aromatic carbocycles. The van der Waals surface area contributed by atoms with Crippen molar-refractivity contribution in [3.05, 3.63) is 23.8 Å². The van der Waals surface area contributed by atoms with Crippen molar-refractivity contribution in [2.75, 3.05) is 20.1 Å². The summed E-state index contributed by atoms with van der Waals surface area (Å²) in [5.41, 5.74) is 1.83. The molecular weight excluding hydrogens is 216 g/mol. The van der Waals surface area contributed by atoms with E-state index in [4.69, 9.17) is 0 Å². The molecule has 0 unspecified atom stereocenters. The quantitative estimate of drug-likeness (QED) is 0.745. The van der Waals surface area contributed by atoms with E-state index in [1.54, 1.807) is 17.3 Å². The van der Waals surface area contributed by atoms with Crippen LogP contribution in [0.3, 0.4) is 0 Å². The number of aromatic nitrogens is 2. The van der Waals surface area contributed by atoms with Crippen molar-refractivity contribution < 1.29 is 4.79 Å². The van der Waals surface area contributed by atoms with Crippen LogP contribution in [0.5, 0.6) is 0 Å². The highest BCUT2D eigenvalue weighted by atomic mass is 16.2. The van der Waals surface area contributed by atoms with Gasteiger partial charge in [-0.2, -0.15) is 0 Å². The highest BCUT2D eigenvalue weighted by molar-refractivity contribution is 5.79. The lowest BCUT2D eigenvalue weighted by molar-refractivity contribution is -0.137. The van der Waals surface area contributed by atoms with Crippen LogP contribution < -0.4 is 0 Å². The zero-order valence-corrected chi connectivity index (χ0v) is 10.6. The molecular formula is C12H18N4O. The topological polar surface area (TPSA) is 49.3 Å². The molecule has 2 rings (SSSR count). The molecule has 0 spiro atoms. The van der Waals surface area contributed by atoms with Crippen LogP contribution in [-0.2, 0) is 11.3 Å². The molecule has 1 aliphatic heterocycles. The maximum Gasteiger partial charge on any atom is 0.236 e. The minimum absolute atomic E-state index is 0.170. The Hall–Kier alpha value is -1.49. The minimum atomic E-state index is 0.170. The third kappa shape index (κ3) is 2.79. The summed E-state index contributed by atoms with van der Waals surface area (Å²) in [6, 6.07) is 0.259. The van der Waals surface area contributed by atoms with E-state index in [9.17, 15) is 4.79 Å². The van der Waals surface area contributed by atoms with Crippen LogP contribution in [0.15, 0.2) is 12.4 Å². The molecule has 1 amide bonds. The molecule has 0 aliphatic carbocycles. The van der Waals surface area contributed by atoms with Gasteiger partial charge in [0.25, 0.3) is 0 Å². The minimum Gasteiger partial charge on any atom is -0.341 e. The molecule has 1 saturated heterocycles. The van der Waals surface area contributed by atoms with Gasteiger partial charge in [-0.3, -0.25) is 19.7 Å². The highest BCUT2D eigenvalue weighted by Crippen LogP contribution is 2.11. The molecule has 5 nitrogen and oxygen atoms in total. The summed E-state index contributed by atoms with van der Waals surface area (Å²) in [5.74, 6) is 0.170. The van der Waals surface area contributed by atoms with E-state index in [1.165, 1.54) is 0 Å². The molecule has 1 atom stereocenters. The summed E-state index contributed by atoms with van der Waals surface area (Å²) in [4.78, 5) is 24.2. The summed E-state index contributed by atoms with van der Waals surface area (Å²) in [7, 11) is 1.86. The molecule has 2 heterocycles. The maximum atomic E-state index is 11.7. The molecule has 1 aliphatic rings. The van der Waals surface area contributed by atoms with Gasteiger partial charge in [0.1, 0.15) is 0 Å². The van der Waals surface area contributed by atoms with Gasteiger partial charge in [-0.05, 0) is 13.8 Å². The first-order valence-electron chi connectivity index (χ1n) is 5.82. The van der Waals surface area contributed by atoms with Gasteiger partial charge in [0.15, 0.2) is 0 Å². The molecule has 0 N–H and O–H groups in total. The summed E-state index contributed by atoms with van der Waals surface area (Å²) in [6.07, 6.45) is 3.54. The van der Waals surface area contributed by atoms with E-state index >= 15 is 0 Å². The average Bonchev–Trinajstić information content (AvgIpc) is 2.29. The fourth-order valence-electron chi connectivity index (χ4n) is 1.96. The number of likely N-dealkylation sites (N-methyl/N-ethyl adjacent to an activating group) is 1. The molecule has 0 saturated carbocycles. The van der Waals surface area contributed by atoms with E-state index in [2.05, 4.69) is 21.8 Å². The van der Waals surface area contributed by atoms with Gasteiger partial charge in [-0.25, -0.2) is 0 Å². The number of rotatable bonds is 2. The summed E-state index contributed by atoms with van der Waals surface area (Å²) in [6.45, 7) is 6.02. The SMILES string of the molecule is Cc1cnc(CN2CC(=O)N(C)[C@@H](C)C2)cn1. The fraction of sp³-hybridized carbons (Fsp3) is 0.583. The predicted molar refractivity (Wildman–Crippen MR) is 64.3 cm³/mol. The zero-order chi connectivity index (χ0) is 12.4. The van der Waals surface area contributed by atoms with E-state index in [0.717, 1.165) is 17.9 Å². The Kier molecular flexibility index (Phi) is 3.38. The van der Waals surface area contributed by atoms with Gasteiger partial charge >= 0.3 is 0 Å². The molecule has 17 heavy (non-hydrogen) atoms. The Morgan fingerprint density at radius 1 is 1.41 bits per heavy atom. The Morgan fingerprint density at radius 2 is 2.18 bits per heavy atom. The van der Waals surface area contributed by atoms with Crippen molar-refractivity contribution in [2.45, 2.75) is 26.4 Å². The van der Waals surface area contributed by atoms with E-state index in [0.29, 0.717) is 13.1 Å². The number of hydrogen-bond acceptors (Lipinski definition) is 4. The Balaban J connectivity index is 2.00. The number of hydrogen-bond donors (Lipinski definition) is 0. The van der Waals surface area contributed by atoms with Crippen molar-refractivity contribution >= 4 is 5.91 Å². The number of aryl methyl sites for hydroxylation is 1. The maximum absolute atomic E-state index is 11.7. The smallest absolute Gasteiger partial charge is 0.236 e. The van der Waals surface area contributed by atoms with Crippen molar-refractivity contribution in [1.82, 2.24) is 19.8 Å². The molecule has 0 bridgehead atoms. The summed E-state index contributed by atoms with van der Waals surface area (Å²) < 4.78 is 0. The molecule has 0 radical (unpaired) electrons. The van der Waals surface area contributed by atoms with Crippen molar-refractivity contribution in [1.29, 1.82) is 0 Å². The van der Waals surface area contributed by atoms with Gasteiger partial charge in [0.05, 0.1) is 17.9 Å². The summed E-state index contributed by atoms with van der Waals surface area (Å²) in [5, 5.41) is 0. The van der Waals surface area contributed by atoms with Crippen LogP contribution in [0.1, 0.15) is 18.3 Å². The monoisotopic (exact) mass is 234 g/mol. The number of carbonyl (C=O) groups is 1. The first-order chi connectivity index (χ1) is 8.06. The average molecular weight is 234 g/mol. The van der Waals surface area contributed by atoms with Crippen LogP contribution in [0.4, 0.5) is 0 Å². The van der Waals surface area contributed by atoms with Gasteiger partial charge in [0, 0.05) is 38.6 Å². The number of amides is 1. The first-order valence-corrected chi connectivity index (χ1v) is 5.82. The van der Waals surface area contributed by atoms with E-state index in [1.807, 2.05) is 14.0 Å². The van der Waals surface area contributed by atoms with Crippen LogP contribution in [0.25, 0.3) is 0 Å². The second kappa shape index (κ2) is 4.79. The van der Waals surface area contributed by atoms with Gasteiger partial charge < -0.3 is 4.90 Å². The van der Waals surface area contributed by atoms with Crippen molar-refractivity contribution in [2.24, 2.45) is 0 Å². The molecule has 92 valence electrons. The number of piperazine rings is 1. The third-order valence-corrected chi connectivity index (χ3v) is 3.16. The Bertz CT molecular complexity index is 403. The lowest BCUT2D eigenvalue weighted by Crippen LogP contribution is -2.53. The predicted octanol–water partition coefficient (Wildman–Crippen LogP) is 0.448. The molecule has 5 heteroatoms. The number of carbonyl (C=O) groups excluding carboxylic acids is 1. The van der Waals surface area contributed by atoms with E-state index in [-0.39, 0.29) is 11.9 Å².